The van der Waals surface area contributed by atoms with Gasteiger partial charge in [-0.2, -0.15) is 0 Å². The number of aryl methyl sites for hydroxylation is 1. The van der Waals surface area contributed by atoms with Crippen LogP contribution in [0.1, 0.15) is 5.82 Å². The average molecular weight is 161 g/mol. The van der Waals surface area contributed by atoms with Crippen LogP contribution >= 0.6 is 0 Å². The number of aromatic amines is 1. The second-order valence-corrected chi connectivity index (χ2v) is 2.52. The highest BCUT2D eigenvalue weighted by molar-refractivity contribution is 5.75. The predicted octanol–water partition coefficient (Wildman–Crippen LogP) is 0.627. The molecule has 2 rings (SSSR count). The van der Waals surface area contributed by atoms with E-state index in [9.17, 15) is 4.79 Å². The molecule has 0 saturated heterocycles. The molecular weight excluding hydrogens is 154 g/mol. The minimum atomic E-state index is -0.146. The van der Waals surface area contributed by atoms with Crippen LogP contribution in [0.3, 0.4) is 0 Å². The van der Waals surface area contributed by atoms with Gasteiger partial charge in [0, 0.05) is 12.4 Å². The molecule has 12 heavy (non-hydrogen) atoms. The molecule has 0 unspecified atom stereocenters. The largest absolute Gasteiger partial charge is 0.328 e. The molecule has 0 saturated carbocycles. The first-order chi connectivity index (χ1) is 5.77. The number of pyridine rings is 1. The maximum absolute atomic E-state index is 11.2. The highest BCUT2D eigenvalue weighted by atomic mass is 16.1. The topological polar surface area (TPSA) is 58.6 Å². The molecule has 0 spiro atoms. The Morgan fingerprint density at radius 3 is 3.17 bits per heavy atom. The zero-order valence-corrected chi connectivity index (χ0v) is 6.53. The highest BCUT2D eigenvalue weighted by Gasteiger charge is 1.98. The summed E-state index contributed by atoms with van der Waals surface area (Å²) in [4.78, 5) is 21.8. The van der Waals surface area contributed by atoms with Crippen LogP contribution in [0.2, 0.25) is 0 Å². The van der Waals surface area contributed by atoms with Crippen molar-refractivity contribution in [2.75, 3.05) is 0 Å². The van der Waals surface area contributed by atoms with Crippen molar-refractivity contribution >= 4 is 10.9 Å². The van der Waals surface area contributed by atoms with E-state index in [0.717, 1.165) is 0 Å². The normalized spacial score (nSPS) is 10.4. The van der Waals surface area contributed by atoms with Crippen molar-refractivity contribution in [3.8, 4) is 0 Å². The minimum Gasteiger partial charge on any atom is -0.328 e. The molecule has 2 aromatic heterocycles. The maximum atomic E-state index is 11.2. The first-order valence-electron chi connectivity index (χ1n) is 3.58. The number of nitrogens with zero attached hydrogens (tertiary/aromatic N) is 2. The van der Waals surface area contributed by atoms with E-state index in [0.29, 0.717) is 16.7 Å². The monoisotopic (exact) mass is 161 g/mol. The van der Waals surface area contributed by atoms with E-state index in [2.05, 4.69) is 15.0 Å². The van der Waals surface area contributed by atoms with Crippen molar-refractivity contribution in [1.29, 1.82) is 0 Å². The molecule has 0 radical (unpaired) electrons. The minimum absolute atomic E-state index is 0.146. The average Bonchev–Trinajstić information content (AvgIpc) is 2.04. The number of H-pyrrole nitrogens is 1. The number of hydrogen-bond acceptors (Lipinski definition) is 3. The molecule has 0 aliphatic heterocycles. The summed E-state index contributed by atoms with van der Waals surface area (Å²) < 4.78 is 0. The van der Waals surface area contributed by atoms with Gasteiger partial charge >= 0.3 is 0 Å². The van der Waals surface area contributed by atoms with Crippen molar-refractivity contribution in [2.45, 2.75) is 6.92 Å². The van der Waals surface area contributed by atoms with E-state index in [1.165, 1.54) is 6.20 Å². The molecular formula is C8H7N3O. The fourth-order valence-corrected chi connectivity index (χ4v) is 1.06. The summed E-state index contributed by atoms with van der Waals surface area (Å²) in [5, 5.41) is 0.531. The molecule has 0 atom stereocenters. The van der Waals surface area contributed by atoms with Gasteiger partial charge in [0.2, 0.25) is 0 Å². The zero-order valence-electron chi connectivity index (χ0n) is 6.53. The van der Waals surface area contributed by atoms with Gasteiger partial charge in [-0.25, -0.2) is 9.97 Å². The van der Waals surface area contributed by atoms with E-state index in [1.807, 2.05) is 0 Å². The first kappa shape index (κ1) is 6.97. The SMILES string of the molecule is Cc1ncc2c(=O)[nH]ccc2n1. The molecule has 2 heterocycles. The van der Waals surface area contributed by atoms with Gasteiger partial charge in [0.25, 0.3) is 5.56 Å². The molecule has 4 nitrogen and oxygen atoms in total. The molecule has 60 valence electrons. The summed E-state index contributed by atoms with van der Waals surface area (Å²) >= 11 is 0. The van der Waals surface area contributed by atoms with Gasteiger partial charge in [0.15, 0.2) is 0 Å². The van der Waals surface area contributed by atoms with Gasteiger partial charge in [0.05, 0.1) is 10.9 Å². The Hall–Kier alpha value is -1.71. The van der Waals surface area contributed by atoms with Crippen LogP contribution in [0, 0.1) is 6.92 Å². The molecule has 0 fully saturated rings. The Morgan fingerprint density at radius 2 is 2.33 bits per heavy atom. The molecule has 1 N–H and O–H groups in total. The van der Waals surface area contributed by atoms with E-state index in [1.54, 1.807) is 19.2 Å². The predicted molar refractivity (Wildman–Crippen MR) is 44.9 cm³/mol. The van der Waals surface area contributed by atoms with Gasteiger partial charge in [-0.3, -0.25) is 4.79 Å². The first-order valence-corrected chi connectivity index (χ1v) is 3.58. The molecule has 0 bridgehead atoms. The van der Waals surface area contributed by atoms with E-state index >= 15 is 0 Å². The van der Waals surface area contributed by atoms with Crippen LogP contribution in [0.15, 0.2) is 23.3 Å². The Balaban J connectivity index is 2.96. The standard InChI is InChI=1S/C8H7N3O/c1-5-10-4-6-7(11-5)2-3-9-8(6)12/h2-4H,1H3,(H,9,12). The van der Waals surface area contributed by atoms with Crippen LogP contribution in [-0.4, -0.2) is 15.0 Å². The molecule has 0 aliphatic rings. The molecule has 0 amide bonds. The zero-order chi connectivity index (χ0) is 8.55. The van der Waals surface area contributed by atoms with Crippen molar-refractivity contribution < 1.29 is 0 Å². The second-order valence-electron chi connectivity index (χ2n) is 2.52. The second kappa shape index (κ2) is 2.41. The smallest absolute Gasteiger partial charge is 0.258 e. The number of aromatic nitrogens is 3. The van der Waals surface area contributed by atoms with Gasteiger partial charge in [-0.15, -0.1) is 0 Å². The summed E-state index contributed by atoms with van der Waals surface area (Å²) in [7, 11) is 0. The van der Waals surface area contributed by atoms with Crippen LogP contribution in [0.5, 0.6) is 0 Å². The summed E-state index contributed by atoms with van der Waals surface area (Å²) in [5.74, 6) is 0.674. The summed E-state index contributed by atoms with van der Waals surface area (Å²) in [6.45, 7) is 1.79. The van der Waals surface area contributed by atoms with Crippen molar-refractivity contribution in [2.24, 2.45) is 0 Å². The van der Waals surface area contributed by atoms with Crippen LogP contribution < -0.4 is 5.56 Å². The summed E-state index contributed by atoms with van der Waals surface area (Å²) in [6, 6.07) is 1.76. The van der Waals surface area contributed by atoms with E-state index in [-0.39, 0.29) is 5.56 Å². The van der Waals surface area contributed by atoms with Crippen LogP contribution in [-0.2, 0) is 0 Å². The van der Waals surface area contributed by atoms with Crippen molar-refractivity contribution in [3.63, 3.8) is 0 Å². The van der Waals surface area contributed by atoms with Gasteiger partial charge in [-0.05, 0) is 13.0 Å². The fraction of sp³-hybridized carbons (Fsp3) is 0.125. The third-order valence-electron chi connectivity index (χ3n) is 1.64. The Morgan fingerprint density at radius 1 is 1.50 bits per heavy atom. The van der Waals surface area contributed by atoms with Gasteiger partial charge in [0.1, 0.15) is 5.82 Å². The lowest BCUT2D eigenvalue weighted by Crippen LogP contribution is -2.06. The summed E-state index contributed by atoms with van der Waals surface area (Å²) in [5.41, 5.74) is 0.541. The van der Waals surface area contributed by atoms with Crippen molar-refractivity contribution in [1.82, 2.24) is 15.0 Å². The number of hydrogen-bond donors (Lipinski definition) is 1. The number of nitrogens with one attached hydrogen (secondary N) is 1. The molecule has 0 aromatic carbocycles. The van der Waals surface area contributed by atoms with E-state index in [4.69, 9.17) is 0 Å². The van der Waals surface area contributed by atoms with Gasteiger partial charge in [-0.1, -0.05) is 0 Å². The highest BCUT2D eigenvalue weighted by Crippen LogP contribution is 2.02. The molecule has 0 aliphatic carbocycles. The molecule has 2 aromatic rings. The lowest BCUT2D eigenvalue weighted by atomic mass is 10.3. The third kappa shape index (κ3) is 0.972. The third-order valence-corrected chi connectivity index (χ3v) is 1.64. The Kier molecular flexibility index (Phi) is 1.40. The Bertz CT molecular complexity index is 475. The van der Waals surface area contributed by atoms with Gasteiger partial charge < -0.3 is 4.98 Å². The summed E-state index contributed by atoms with van der Waals surface area (Å²) in [6.07, 6.45) is 3.12. The van der Waals surface area contributed by atoms with Crippen LogP contribution in [0.4, 0.5) is 0 Å². The quantitative estimate of drug-likeness (QED) is 0.616. The fourth-order valence-electron chi connectivity index (χ4n) is 1.06. The Labute approximate surface area is 68.3 Å². The van der Waals surface area contributed by atoms with Crippen LogP contribution in [0.25, 0.3) is 10.9 Å². The van der Waals surface area contributed by atoms with E-state index < -0.39 is 0 Å². The maximum Gasteiger partial charge on any atom is 0.258 e. The lowest BCUT2D eigenvalue weighted by Gasteiger charge is -1.94. The number of rotatable bonds is 0. The number of fused-ring (bicyclic) bond motifs is 1. The lowest BCUT2D eigenvalue weighted by molar-refractivity contribution is 1.08. The molecule has 4 heteroatoms. The van der Waals surface area contributed by atoms with Crippen molar-refractivity contribution in [3.05, 3.63) is 34.6 Å².